The van der Waals surface area contributed by atoms with Gasteiger partial charge in [0.2, 0.25) is 5.91 Å². The third-order valence-electron chi connectivity index (χ3n) is 4.46. The first kappa shape index (κ1) is 17.4. The SMILES string of the molecule is CN(Cc1ccccc1[N+](=O)[O-])C1CCN(c2ccccc2Cl)C1=O. The Kier molecular flexibility index (Phi) is 5.01. The number of carbonyl (C=O) groups excluding carboxylic acids is 1. The van der Waals surface area contributed by atoms with Crippen LogP contribution < -0.4 is 4.90 Å². The van der Waals surface area contributed by atoms with Gasteiger partial charge in [0.05, 0.1) is 21.7 Å². The van der Waals surface area contributed by atoms with Gasteiger partial charge in [0.25, 0.3) is 5.69 Å². The number of halogens is 1. The smallest absolute Gasteiger partial charge is 0.273 e. The van der Waals surface area contributed by atoms with E-state index in [2.05, 4.69) is 0 Å². The lowest BCUT2D eigenvalue weighted by molar-refractivity contribution is -0.385. The highest BCUT2D eigenvalue weighted by Gasteiger charge is 2.36. The van der Waals surface area contributed by atoms with E-state index in [1.165, 1.54) is 6.07 Å². The van der Waals surface area contributed by atoms with Crippen molar-refractivity contribution in [3.8, 4) is 0 Å². The molecule has 1 aliphatic heterocycles. The minimum atomic E-state index is -0.393. The molecule has 0 bridgehead atoms. The Morgan fingerprint density at radius 3 is 2.64 bits per heavy atom. The maximum Gasteiger partial charge on any atom is 0.273 e. The summed E-state index contributed by atoms with van der Waals surface area (Å²) in [5.41, 5.74) is 1.37. The standard InChI is InChI=1S/C18H18ClN3O3/c1-20(12-13-6-2-4-8-15(13)22(24)25)17-10-11-21(18(17)23)16-9-5-3-7-14(16)19/h2-9,17H,10-12H2,1H3. The second kappa shape index (κ2) is 7.21. The Hall–Kier alpha value is -2.44. The van der Waals surface area contributed by atoms with E-state index in [1.54, 1.807) is 29.2 Å². The molecule has 6 nitrogen and oxygen atoms in total. The van der Waals surface area contributed by atoms with Gasteiger partial charge in [-0.3, -0.25) is 19.8 Å². The number of amides is 1. The lowest BCUT2D eigenvalue weighted by Crippen LogP contribution is -2.39. The summed E-state index contributed by atoms with van der Waals surface area (Å²) in [5, 5.41) is 11.7. The van der Waals surface area contributed by atoms with Gasteiger partial charge >= 0.3 is 0 Å². The van der Waals surface area contributed by atoms with Crippen molar-refractivity contribution in [2.24, 2.45) is 0 Å². The van der Waals surface area contributed by atoms with Crippen LogP contribution in [0.25, 0.3) is 0 Å². The summed E-state index contributed by atoms with van der Waals surface area (Å²) >= 11 is 6.20. The Labute approximate surface area is 150 Å². The van der Waals surface area contributed by atoms with E-state index in [0.717, 1.165) is 0 Å². The summed E-state index contributed by atoms with van der Waals surface area (Å²) in [5.74, 6) is -0.0332. The Morgan fingerprint density at radius 1 is 1.24 bits per heavy atom. The van der Waals surface area contributed by atoms with Crippen LogP contribution in [0.15, 0.2) is 48.5 Å². The number of para-hydroxylation sites is 2. The van der Waals surface area contributed by atoms with Crippen molar-refractivity contribution in [2.45, 2.75) is 19.0 Å². The number of nitro groups is 1. The molecular weight excluding hydrogens is 342 g/mol. The topological polar surface area (TPSA) is 66.7 Å². The fourth-order valence-corrected chi connectivity index (χ4v) is 3.42. The largest absolute Gasteiger partial charge is 0.310 e. The quantitative estimate of drug-likeness (QED) is 0.605. The van der Waals surface area contributed by atoms with E-state index in [0.29, 0.717) is 35.8 Å². The molecule has 7 heteroatoms. The van der Waals surface area contributed by atoms with Gasteiger partial charge in [0.15, 0.2) is 0 Å². The summed E-state index contributed by atoms with van der Waals surface area (Å²) in [6.45, 7) is 0.915. The maximum atomic E-state index is 12.8. The zero-order valence-corrected chi connectivity index (χ0v) is 14.5. The van der Waals surface area contributed by atoms with Crippen LogP contribution in [0.4, 0.5) is 11.4 Å². The molecule has 0 aliphatic carbocycles. The molecule has 0 spiro atoms. The van der Waals surface area contributed by atoms with E-state index in [9.17, 15) is 14.9 Å². The molecular formula is C18H18ClN3O3. The minimum absolute atomic E-state index is 0.0332. The lowest BCUT2D eigenvalue weighted by Gasteiger charge is -2.24. The van der Waals surface area contributed by atoms with Gasteiger partial charge in [-0.15, -0.1) is 0 Å². The Balaban J connectivity index is 1.76. The highest BCUT2D eigenvalue weighted by atomic mass is 35.5. The summed E-state index contributed by atoms with van der Waals surface area (Å²) in [6, 6.07) is 13.5. The fourth-order valence-electron chi connectivity index (χ4n) is 3.19. The predicted octanol–water partition coefficient (Wildman–Crippen LogP) is 3.49. The first-order valence-corrected chi connectivity index (χ1v) is 8.35. The molecule has 0 saturated carbocycles. The molecule has 130 valence electrons. The van der Waals surface area contributed by atoms with Crippen LogP contribution in [0.5, 0.6) is 0 Å². The lowest BCUT2D eigenvalue weighted by atomic mass is 10.1. The van der Waals surface area contributed by atoms with Crippen LogP contribution in [0, 0.1) is 10.1 Å². The molecule has 1 saturated heterocycles. The van der Waals surface area contributed by atoms with Crippen molar-refractivity contribution in [1.29, 1.82) is 0 Å². The predicted molar refractivity (Wildman–Crippen MR) is 96.8 cm³/mol. The van der Waals surface area contributed by atoms with Crippen molar-refractivity contribution in [3.63, 3.8) is 0 Å². The minimum Gasteiger partial charge on any atom is -0.310 e. The van der Waals surface area contributed by atoms with Gasteiger partial charge < -0.3 is 4.90 Å². The van der Waals surface area contributed by atoms with Crippen molar-refractivity contribution in [2.75, 3.05) is 18.5 Å². The fraction of sp³-hybridized carbons (Fsp3) is 0.278. The van der Waals surface area contributed by atoms with Gasteiger partial charge in [-0.05, 0) is 25.6 Å². The first-order valence-electron chi connectivity index (χ1n) is 7.97. The number of likely N-dealkylation sites (N-methyl/N-ethyl adjacent to an activating group) is 1. The van der Waals surface area contributed by atoms with Crippen molar-refractivity contribution in [3.05, 3.63) is 69.2 Å². The van der Waals surface area contributed by atoms with Crippen LogP contribution in [-0.2, 0) is 11.3 Å². The normalized spacial score (nSPS) is 17.3. The van der Waals surface area contributed by atoms with E-state index < -0.39 is 4.92 Å². The Bertz CT molecular complexity index is 812. The molecule has 0 radical (unpaired) electrons. The molecule has 25 heavy (non-hydrogen) atoms. The van der Waals surface area contributed by atoms with Crippen LogP contribution in [0.1, 0.15) is 12.0 Å². The molecule has 0 aromatic heterocycles. The second-order valence-corrected chi connectivity index (χ2v) is 6.45. The molecule has 1 heterocycles. The summed E-state index contributed by atoms with van der Waals surface area (Å²) < 4.78 is 0. The number of hydrogen-bond acceptors (Lipinski definition) is 4. The first-order chi connectivity index (χ1) is 12.0. The molecule has 1 amide bonds. The highest BCUT2D eigenvalue weighted by Crippen LogP contribution is 2.31. The average Bonchev–Trinajstić information content (AvgIpc) is 2.97. The summed E-state index contributed by atoms with van der Waals surface area (Å²) in [7, 11) is 1.81. The molecule has 1 atom stereocenters. The zero-order valence-electron chi connectivity index (χ0n) is 13.8. The van der Waals surface area contributed by atoms with Crippen LogP contribution in [0.2, 0.25) is 5.02 Å². The molecule has 3 rings (SSSR count). The molecule has 2 aromatic rings. The molecule has 0 N–H and O–H groups in total. The molecule has 1 fully saturated rings. The number of benzene rings is 2. The third-order valence-corrected chi connectivity index (χ3v) is 4.78. The van der Waals surface area contributed by atoms with Gasteiger partial charge in [0.1, 0.15) is 0 Å². The maximum absolute atomic E-state index is 12.8. The molecule has 1 unspecified atom stereocenters. The van der Waals surface area contributed by atoms with Crippen molar-refractivity contribution >= 4 is 28.9 Å². The monoisotopic (exact) mass is 359 g/mol. The molecule has 1 aliphatic rings. The Morgan fingerprint density at radius 2 is 1.92 bits per heavy atom. The van der Waals surface area contributed by atoms with Crippen LogP contribution >= 0.6 is 11.6 Å². The number of anilines is 1. The second-order valence-electron chi connectivity index (χ2n) is 6.05. The summed E-state index contributed by atoms with van der Waals surface area (Å²) in [4.78, 5) is 27.1. The number of carbonyl (C=O) groups is 1. The third kappa shape index (κ3) is 3.50. The summed E-state index contributed by atoms with van der Waals surface area (Å²) in [6.07, 6.45) is 0.654. The van der Waals surface area contributed by atoms with Gasteiger partial charge in [-0.25, -0.2) is 0 Å². The van der Waals surface area contributed by atoms with Crippen LogP contribution in [0.3, 0.4) is 0 Å². The van der Waals surface area contributed by atoms with E-state index in [4.69, 9.17) is 11.6 Å². The average molecular weight is 360 g/mol. The zero-order chi connectivity index (χ0) is 18.0. The van der Waals surface area contributed by atoms with Gasteiger partial charge in [-0.1, -0.05) is 41.9 Å². The van der Waals surface area contributed by atoms with Gasteiger partial charge in [0, 0.05) is 24.7 Å². The van der Waals surface area contributed by atoms with E-state index in [-0.39, 0.29) is 17.6 Å². The van der Waals surface area contributed by atoms with Crippen molar-refractivity contribution in [1.82, 2.24) is 4.90 Å². The number of hydrogen-bond donors (Lipinski definition) is 0. The highest BCUT2D eigenvalue weighted by molar-refractivity contribution is 6.33. The van der Waals surface area contributed by atoms with Crippen LogP contribution in [-0.4, -0.2) is 35.4 Å². The number of nitro benzene ring substituents is 1. The van der Waals surface area contributed by atoms with Gasteiger partial charge in [-0.2, -0.15) is 0 Å². The number of rotatable bonds is 5. The van der Waals surface area contributed by atoms with E-state index in [1.807, 2.05) is 30.1 Å². The molecule has 2 aromatic carbocycles. The number of nitrogens with zero attached hydrogens (tertiary/aromatic N) is 3. The van der Waals surface area contributed by atoms with E-state index >= 15 is 0 Å². The van der Waals surface area contributed by atoms with Crippen molar-refractivity contribution < 1.29 is 9.72 Å².